The first-order valence-electron chi connectivity index (χ1n) is 10.5. The third-order valence-electron chi connectivity index (χ3n) is 5.58. The Balaban J connectivity index is 1.36. The first kappa shape index (κ1) is 24.1. The van der Waals surface area contributed by atoms with E-state index in [4.69, 9.17) is 9.47 Å². The molecule has 4 atom stereocenters. The Labute approximate surface area is 202 Å². The smallest absolute Gasteiger partial charge is 0.408 e. The van der Waals surface area contributed by atoms with Crippen molar-refractivity contribution < 1.29 is 33.0 Å². The van der Waals surface area contributed by atoms with Crippen molar-refractivity contribution in [3.8, 4) is 0 Å². The van der Waals surface area contributed by atoms with Crippen LogP contribution in [0.5, 0.6) is 0 Å². The fraction of sp³-hybridized carbons (Fsp3) is 0.261. The number of alkyl carbamates (subject to hydrolysis) is 1. The van der Waals surface area contributed by atoms with Gasteiger partial charge in [-0.25, -0.2) is 9.59 Å². The number of amides is 2. The molecule has 2 aromatic rings. The molecule has 2 fully saturated rings. The Hall–Kier alpha value is -4.06. The highest BCUT2D eigenvalue weighted by molar-refractivity contribution is 7.86. The molecule has 0 aliphatic carbocycles. The van der Waals surface area contributed by atoms with Gasteiger partial charge in [0, 0.05) is 17.9 Å². The molecule has 2 aliphatic heterocycles. The highest BCUT2D eigenvalue weighted by atomic mass is 32.2. The minimum absolute atomic E-state index is 0.000541. The normalized spacial score (nSPS) is 23.0. The van der Waals surface area contributed by atoms with Gasteiger partial charge in [-0.1, -0.05) is 36.9 Å². The molecule has 182 valence electrons. The zero-order chi connectivity index (χ0) is 25.1. The largest absolute Gasteiger partial charge is 0.459 e. The third kappa shape index (κ3) is 5.06. The summed E-state index contributed by atoms with van der Waals surface area (Å²) in [6, 6.07) is 12.2. The number of carbonyl (C=O) groups is 3. The summed E-state index contributed by atoms with van der Waals surface area (Å²) < 4.78 is 23.1. The summed E-state index contributed by atoms with van der Waals surface area (Å²) in [5.41, 5.74) is 1.43. The Morgan fingerprint density at radius 2 is 1.71 bits per heavy atom. The van der Waals surface area contributed by atoms with E-state index in [1.807, 2.05) is 6.07 Å². The van der Waals surface area contributed by atoms with E-state index in [0.29, 0.717) is 5.56 Å². The van der Waals surface area contributed by atoms with Crippen LogP contribution in [-0.2, 0) is 43.1 Å². The van der Waals surface area contributed by atoms with Gasteiger partial charge in [-0.3, -0.25) is 19.1 Å². The summed E-state index contributed by atoms with van der Waals surface area (Å²) in [6.45, 7) is 3.60. The van der Waals surface area contributed by atoms with Crippen LogP contribution in [0.25, 0.3) is 0 Å². The number of hydrogen-bond acceptors (Lipinski definition) is 8. The van der Waals surface area contributed by atoms with Gasteiger partial charge in [0.1, 0.15) is 24.6 Å². The van der Waals surface area contributed by atoms with Gasteiger partial charge in [-0.15, -0.1) is 0 Å². The predicted molar refractivity (Wildman–Crippen MR) is 123 cm³/mol. The summed E-state index contributed by atoms with van der Waals surface area (Å²) in [5.74, 6) is -1.41. The van der Waals surface area contributed by atoms with E-state index in [2.05, 4.69) is 11.9 Å². The molecule has 11 nitrogen and oxygen atoms in total. The highest BCUT2D eigenvalue weighted by Crippen LogP contribution is 2.35. The molecular weight excluding hydrogens is 478 g/mol. The molecule has 4 unspecified atom stereocenters. The van der Waals surface area contributed by atoms with Crippen LogP contribution < -0.4 is 5.32 Å². The highest BCUT2D eigenvalue weighted by Gasteiger charge is 2.59. The van der Waals surface area contributed by atoms with Crippen LogP contribution in [0, 0.1) is 10.1 Å². The number of nitrogens with zero attached hydrogens (tertiary/aromatic N) is 2. The number of fused-ring (bicyclic) bond motifs is 1. The number of nitrogens with one attached hydrogen (secondary N) is 1. The maximum absolute atomic E-state index is 12.8. The van der Waals surface area contributed by atoms with Gasteiger partial charge >= 0.3 is 12.1 Å². The number of nitro groups is 1. The van der Waals surface area contributed by atoms with Crippen LogP contribution in [0.1, 0.15) is 11.1 Å². The first-order valence-corrected chi connectivity index (χ1v) is 11.9. The van der Waals surface area contributed by atoms with E-state index in [9.17, 15) is 28.7 Å². The van der Waals surface area contributed by atoms with Crippen molar-refractivity contribution in [1.82, 2.24) is 10.2 Å². The van der Waals surface area contributed by atoms with Crippen LogP contribution in [0.15, 0.2) is 66.7 Å². The maximum atomic E-state index is 12.8. The number of carbonyl (C=O) groups excluding carboxylic acids is 3. The monoisotopic (exact) mass is 499 g/mol. The topological polar surface area (TPSA) is 145 Å². The van der Waals surface area contributed by atoms with Crippen LogP contribution >= 0.6 is 0 Å². The average molecular weight is 500 g/mol. The molecular formula is C23H21N3O8S. The quantitative estimate of drug-likeness (QED) is 0.200. The van der Waals surface area contributed by atoms with Crippen LogP contribution in [0.3, 0.4) is 0 Å². The van der Waals surface area contributed by atoms with Crippen LogP contribution in [-0.4, -0.2) is 55.2 Å². The second-order valence-electron chi connectivity index (χ2n) is 7.94. The third-order valence-corrected chi connectivity index (χ3v) is 7.27. The van der Waals surface area contributed by atoms with Gasteiger partial charge in [0.2, 0.25) is 0 Å². The van der Waals surface area contributed by atoms with Crippen molar-refractivity contribution in [2.75, 3.05) is 5.75 Å². The molecule has 0 radical (unpaired) electrons. The van der Waals surface area contributed by atoms with Crippen molar-refractivity contribution >= 4 is 34.5 Å². The minimum atomic E-state index is -1.59. The zero-order valence-corrected chi connectivity index (χ0v) is 19.1. The van der Waals surface area contributed by atoms with E-state index in [-0.39, 0.29) is 30.2 Å². The van der Waals surface area contributed by atoms with E-state index in [0.717, 1.165) is 10.5 Å². The number of β-lactam (4-membered cyclic amide) rings is 1. The van der Waals surface area contributed by atoms with Gasteiger partial charge in [-0.05, 0) is 28.8 Å². The van der Waals surface area contributed by atoms with E-state index >= 15 is 0 Å². The minimum Gasteiger partial charge on any atom is -0.459 e. The van der Waals surface area contributed by atoms with E-state index in [1.54, 1.807) is 24.3 Å². The molecule has 35 heavy (non-hydrogen) atoms. The molecule has 2 aromatic carbocycles. The Bertz CT molecular complexity index is 1200. The fourth-order valence-corrected chi connectivity index (χ4v) is 5.50. The Morgan fingerprint density at radius 1 is 1.09 bits per heavy atom. The van der Waals surface area contributed by atoms with Gasteiger partial charge in [0.05, 0.1) is 15.7 Å². The maximum Gasteiger partial charge on any atom is 0.408 e. The average Bonchev–Trinajstić information content (AvgIpc) is 2.85. The standard InChI is InChI=1S/C23H21N3O8S/c1-14-13-35(32)21-18(24-23(29)34-12-15-5-3-2-4-6-15)20(27)25(21)19(14)22(28)33-11-16-7-9-17(10-8-16)26(30)31/h2-10,18-19,21H,1,11-13H2,(H,24,29). The van der Waals surface area contributed by atoms with Crippen molar-refractivity contribution in [1.29, 1.82) is 0 Å². The Kier molecular flexibility index (Phi) is 6.92. The summed E-state index contributed by atoms with van der Waals surface area (Å²) in [5, 5.41) is 12.3. The van der Waals surface area contributed by atoms with Crippen LogP contribution in [0.4, 0.5) is 10.5 Å². The fourth-order valence-electron chi connectivity index (χ4n) is 3.84. The summed E-state index contributed by atoms with van der Waals surface area (Å²) in [7, 11) is -1.59. The van der Waals surface area contributed by atoms with Gasteiger partial charge in [-0.2, -0.15) is 0 Å². The molecule has 4 rings (SSSR count). The number of benzene rings is 2. The molecule has 2 saturated heterocycles. The van der Waals surface area contributed by atoms with E-state index < -0.39 is 51.2 Å². The number of nitro benzene ring substituents is 1. The first-order chi connectivity index (χ1) is 16.8. The van der Waals surface area contributed by atoms with Crippen molar-refractivity contribution in [2.45, 2.75) is 30.7 Å². The van der Waals surface area contributed by atoms with Crippen molar-refractivity contribution in [3.63, 3.8) is 0 Å². The molecule has 0 spiro atoms. The Morgan fingerprint density at radius 3 is 2.37 bits per heavy atom. The predicted octanol–water partition coefficient (Wildman–Crippen LogP) is 1.79. The lowest BCUT2D eigenvalue weighted by Gasteiger charge is -2.52. The van der Waals surface area contributed by atoms with Gasteiger partial charge in [0.25, 0.3) is 11.6 Å². The lowest BCUT2D eigenvalue weighted by Crippen LogP contribution is -2.77. The van der Waals surface area contributed by atoms with Crippen molar-refractivity contribution in [2.24, 2.45) is 0 Å². The number of rotatable bonds is 7. The van der Waals surface area contributed by atoms with Crippen molar-refractivity contribution in [3.05, 3.63) is 88.0 Å². The lowest BCUT2D eigenvalue weighted by atomic mass is 9.99. The summed E-state index contributed by atoms with van der Waals surface area (Å²) in [4.78, 5) is 49.1. The molecule has 2 aliphatic rings. The molecule has 1 N–H and O–H groups in total. The number of hydrogen-bond donors (Lipinski definition) is 1. The van der Waals surface area contributed by atoms with Gasteiger partial charge < -0.3 is 19.7 Å². The lowest BCUT2D eigenvalue weighted by molar-refractivity contribution is -0.384. The van der Waals surface area contributed by atoms with E-state index in [1.165, 1.54) is 24.3 Å². The molecule has 2 amide bonds. The molecule has 0 saturated carbocycles. The molecule has 12 heteroatoms. The molecule has 0 bridgehead atoms. The second-order valence-corrected chi connectivity index (χ2v) is 9.47. The number of non-ortho nitro benzene ring substituents is 1. The number of ether oxygens (including phenoxy) is 2. The summed E-state index contributed by atoms with van der Waals surface area (Å²) in [6.07, 6.45) is -0.842. The number of esters is 1. The van der Waals surface area contributed by atoms with Gasteiger partial charge in [0.15, 0.2) is 6.04 Å². The second kappa shape index (κ2) is 10.1. The van der Waals surface area contributed by atoms with Crippen LogP contribution in [0.2, 0.25) is 0 Å². The molecule has 0 aromatic heterocycles. The summed E-state index contributed by atoms with van der Waals surface area (Å²) >= 11 is 0. The zero-order valence-electron chi connectivity index (χ0n) is 18.3. The molecule has 2 heterocycles. The SMILES string of the molecule is C=C1CS(=O)C2C(NC(=O)OCc3ccccc3)C(=O)N2C1C(=O)OCc1ccc([N+](=O)[O-])cc1.